The van der Waals surface area contributed by atoms with Gasteiger partial charge in [0.1, 0.15) is 0 Å². The van der Waals surface area contributed by atoms with Crippen LogP contribution in [0, 0.1) is 23.7 Å². The van der Waals surface area contributed by atoms with Crippen molar-refractivity contribution in [2.45, 2.75) is 57.2 Å². The van der Waals surface area contributed by atoms with Gasteiger partial charge in [-0.25, -0.2) is 0 Å². The number of aliphatic hydroxyl groups is 2. The quantitative estimate of drug-likeness (QED) is 0.515. The van der Waals surface area contributed by atoms with Gasteiger partial charge in [0.2, 0.25) is 5.91 Å². The lowest BCUT2D eigenvalue weighted by Crippen LogP contribution is -2.23. The van der Waals surface area contributed by atoms with E-state index >= 15 is 0 Å². The summed E-state index contributed by atoms with van der Waals surface area (Å²) in [5.41, 5.74) is 1.48. The molecule has 0 unspecified atom stereocenters. The van der Waals surface area contributed by atoms with Crippen molar-refractivity contribution >= 4 is 17.7 Å². The SMILES string of the molecule is CN(C)C(=O)CSCC=C1C[C@H]2C[C@@H](O)[C@H](/C=C/[C@H](O)C3CCCC3)[C@H]2C1. The summed E-state index contributed by atoms with van der Waals surface area (Å²) in [6.45, 7) is 0. The zero-order valence-corrected chi connectivity index (χ0v) is 17.5. The molecule has 2 N–H and O–H groups in total. The number of aliphatic hydroxyl groups excluding tert-OH is 2. The van der Waals surface area contributed by atoms with Crippen LogP contribution in [-0.2, 0) is 4.79 Å². The highest BCUT2D eigenvalue weighted by Crippen LogP contribution is 2.50. The van der Waals surface area contributed by atoms with Gasteiger partial charge in [-0.15, -0.1) is 11.8 Å². The molecule has 5 atom stereocenters. The van der Waals surface area contributed by atoms with Crippen LogP contribution in [0.1, 0.15) is 44.9 Å². The maximum atomic E-state index is 11.6. The van der Waals surface area contributed by atoms with E-state index in [2.05, 4.69) is 12.2 Å². The molecule has 4 nitrogen and oxygen atoms in total. The first kappa shape index (κ1) is 20.9. The Bertz CT molecular complexity index is 568. The summed E-state index contributed by atoms with van der Waals surface area (Å²) in [7, 11) is 3.59. The number of rotatable bonds is 7. The molecule has 0 saturated heterocycles. The van der Waals surface area contributed by atoms with Crippen LogP contribution in [-0.4, -0.2) is 58.8 Å². The van der Waals surface area contributed by atoms with Crippen LogP contribution >= 0.6 is 11.8 Å². The van der Waals surface area contributed by atoms with Gasteiger partial charge in [-0.05, 0) is 49.9 Å². The van der Waals surface area contributed by atoms with E-state index in [0.717, 1.165) is 37.9 Å². The molecule has 0 aromatic rings. The zero-order valence-electron chi connectivity index (χ0n) is 16.7. The van der Waals surface area contributed by atoms with Gasteiger partial charge >= 0.3 is 0 Å². The van der Waals surface area contributed by atoms with Crippen molar-refractivity contribution in [2.24, 2.45) is 23.7 Å². The molecule has 3 rings (SSSR count). The second-order valence-corrected chi connectivity index (χ2v) is 9.83. The zero-order chi connectivity index (χ0) is 19.4. The second kappa shape index (κ2) is 9.62. The maximum Gasteiger partial charge on any atom is 0.232 e. The Morgan fingerprint density at radius 2 is 2.04 bits per heavy atom. The highest BCUT2D eigenvalue weighted by atomic mass is 32.2. The number of carbonyl (C=O) groups is 1. The van der Waals surface area contributed by atoms with E-state index in [1.165, 1.54) is 18.4 Å². The number of hydrogen-bond donors (Lipinski definition) is 2. The van der Waals surface area contributed by atoms with Gasteiger partial charge in [0.05, 0.1) is 18.0 Å². The molecule has 152 valence electrons. The van der Waals surface area contributed by atoms with Crippen LogP contribution in [0.3, 0.4) is 0 Å². The van der Waals surface area contributed by atoms with E-state index in [9.17, 15) is 15.0 Å². The fraction of sp³-hybridized carbons (Fsp3) is 0.773. The van der Waals surface area contributed by atoms with E-state index in [-0.39, 0.29) is 24.0 Å². The maximum absolute atomic E-state index is 11.6. The van der Waals surface area contributed by atoms with Crippen LogP contribution in [0.2, 0.25) is 0 Å². The van der Waals surface area contributed by atoms with E-state index in [1.807, 2.05) is 6.08 Å². The van der Waals surface area contributed by atoms with Gasteiger partial charge < -0.3 is 15.1 Å². The van der Waals surface area contributed by atoms with Crippen molar-refractivity contribution < 1.29 is 15.0 Å². The molecule has 0 radical (unpaired) electrons. The third-order valence-corrected chi connectivity index (χ3v) is 7.59. The Hall–Kier alpha value is -0.780. The van der Waals surface area contributed by atoms with E-state index in [1.54, 1.807) is 30.8 Å². The molecule has 3 fully saturated rings. The molecule has 0 heterocycles. The van der Waals surface area contributed by atoms with Crippen molar-refractivity contribution in [1.29, 1.82) is 0 Å². The number of allylic oxidation sites excluding steroid dienone is 1. The van der Waals surface area contributed by atoms with E-state index in [0.29, 0.717) is 23.5 Å². The van der Waals surface area contributed by atoms with Crippen LogP contribution in [0.15, 0.2) is 23.8 Å². The van der Waals surface area contributed by atoms with Gasteiger partial charge in [0.25, 0.3) is 0 Å². The van der Waals surface area contributed by atoms with Crippen molar-refractivity contribution in [1.82, 2.24) is 4.90 Å². The van der Waals surface area contributed by atoms with E-state index in [4.69, 9.17) is 0 Å². The summed E-state index contributed by atoms with van der Waals surface area (Å²) in [5.74, 6) is 3.25. The lowest BCUT2D eigenvalue weighted by molar-refractivity contribution is -0.125. The molecule has 27 heavy (non-hydrogen) atoms. The fourth-order valence-electron chi connectivity index (χ4n) is 5.09. The van der Waals surface area contributed by atoms with E-state index < -0.39 is 0 Å². The summed E-state index contributed by atoms with van der Waals surface area (Å²) in [5, 5.41) is 20.9. The first-order chi connectivity index (χ1) is 13.0. The molecule has 0 spiro atoms. The Balaban J connectivity index is 1.49. The van der Waals surface area contributed by atoms with Crippen LogP contribution in [0.4, 0.5) is 0 Å². The predicted octanol–water partition coefficient (Wildman–Crippen LogP) is 3.25. The molecule has 5 heteroatoms. The number of hydrogen-bond acceptors (Lipinski definition) is 4. The van der Waals surface area contributed by atoms with Gasteiger partial charge in [0, 0.05) is 25.8 Å². The monoisotopic (exact) mass is 393 g/mol. The van der Waals surface area contributed by atoms with Crippen molar-refractivity contribution in [3.05, 3.63) is 23.8 Å². The summed E-state index contributed by atoms with van der Waals surface area (Å²) in [6, 6.07) is 0. The van der Waals surface area contributed by atoms with Crippen LogP contribution in [0.5, 0.6) is 0 Å². The van der Waals surface area contributed by atoms with Crippen LogP contribution in [0.25, 0.3) is 0 Å². The standard InChI is InChI=1S/C22H35NO3S/c1-23(2)22(26)14-27-10-9-15-11-17-13-21(25)18(19(17)12-15)7-8-20(24)16-5-3-4-6-16/h7-9,16-21,24-25H,3-6,10-14H2,1-2H3/b8-7+,15-9?/t17-,18+,19-,20-,21+/m0/s1. The summed E-state index contributed by atoms with van der Waals surface area (Å²) < 4.78 is 0. The normalized spacial score (nSPS) is 33.9. The number of thioether (sulfide) groups is 1. The van der Waals surface area contributed by atoms with Gasteiger partial charge in [0.15, 0.2) is 0 Å². The largest absolute Gasteiger partial charge is 0.392 e. The Kier molecular flexibility index (Phi) is 7.46. The molecule has 0 aliphatic heterocycles. The summed E-state index contributed by atoms with van der Waals surface area (Å²) >= 11 is 1.67. The summed E-state index contributed by atoms with van der Waals surface area (Å²) in [6.07, 6.45) is 13.5. The second-order valence-electron chi connectivity index (χ2n) is 8.80. The minimum Gasteiger partial charge on any atom is -0.392 e. The third-order valence-electron chi connectivity index (χ3n) is 6.74. The first-order valence-corrected chi connectivity index (χ1v) is 11.6. The van der Waals surface area contributed by atoms with Crippen LogP contribution < -0.4 is 0 Å². The molecule has 3 aliphatic rings. The van der Waals surface area contributed by atoms with Gasteiger partial charge in [-0.3, -0.25) is 4.79 Å². The number of carbonyl (C=O) groups excluding carboxylic acids is 1. The highest BCUT2D eigenvalue weighted by molar-refractivity contribution is 8.00. The van der Waals surface area contributed by atoms with Gasteiger partial charge in [-0.1, -0.05) is 36.6 Å². The molecule has 0 bridgehead atoms. The molecular formula is C22H35NO3S. The first-order valence-electron chi connectivity index (χ1n) is 10.5. The summed E-state index contributed by atoms with van der Waals surface area (Å²) in [4.78, 5) is 13.3. The highest BCUT2D eigenvalue weighted by Gasteiger charge is 2.45. The average molecular weight is 394 g/mol. The van der Waals surface area contributed by atoms with Crippen molar-refractivity contribution in [3.8, 4) is 0 Å². The fourth-order valence-corrected chi connectivity index (χ4v) is 5.99. The topological polar surface area (TPSA) is 60.8 Å². The number of fused-ring (bicyclic) bond motifs is 1. The molecule has 3 aliphatic carbocycles. The number of nitrogens with zero attached hydrogens (tertiary/aromatic N) is 1. The molecular weight excluding hydrogens is 358 g/mol. The Morgan fingerprint density at radius 3 is 2.74 bits per heavy atom. The minimum atomic E-state index is -0.346. The van der Waals surface area contributed by atoms with Gasteiger partial charge in [-0.2, -0.15) is 0 Å². The van der Waals surface area contributed by atoms with Crippen molar-refractivity contribution in [2.75, 3.05) is 25.6 Å². The third kappa shape index (κ3) is 5.39. The molecule has 1 amide bonds. The minimum absolute atomic E-state index is 0.163. The number of amides is 1. The Labute approximate surface area is 168 Å². The average Bonchev–Trinajstić information content (AvgIpc) is 3.33. The Morgan fingerprint density at radius 1 is 1.30 bits per heavy atom. The predicted molar refractivity (Wildman–Crippen MR) is 112 cm³/mol. The lowest BCUT2D eigenvalue weighted by Gasteiger charge is -2.19. The smallest absolute Gasteiger partial charge is 0.232 e. The lowest BCUT2D eigenvalue weighted by atomic mass is 9.89. The molecule has 3 saturated carbocycles. The van der Waals surface area contributed by atoms with Crippen molar-refractivity contribution in [3.63, 3.8) is 0 Å². The molecule has 0 aromatic carbocycles. The molecule has 0 aromatic heterocycles.